The number of halogens is 1. The largest absolute Gasteiger partial charge is 0.249 e. The van der Waals surface area contributed by atoms with Crippen molar-refractivity contribution in [3.63, 3.8) is 0 Å². The Bertz CT molecular complexity index is 1070. The molecule has 0 aliphatic heterocycles. The lowest BCUT2D eigenvalue weighted by molar-refractivity contribution is 0.230. The fourth-order valence-corrected chi connectivity index (χ4v) is 5.64. The van der Waals surface area contributed by atoms with E-state index >= 15 is 4.39 Å². The minimum absolute atomic E-state index is 0.134. The van der Waals surface area contributed by atoms with Gasteiger partial charge in [-0.15, -0.1) is 0 Å². The molecule has 0 saturated carbocycles. The maximum Gasteiger partial charge on any atom is 0.143 e. The first-order valence-corrected chi connectivity index (χ1v) is 12.5. The zero-order valence-corrected chi connectivity index (χ0v) is 19.8. The van der Waals surface area contributed by atoms with E-state index in [0.717, 1.165) is 11.1 Å². The van der Waals surface area contributed by atoms with Gasteiger partial charge in [0.2, 0.25) is 0 Å². The van der Waals surface area contributed by atoms with Crippen LogP contribution in [0.5, 0.6) is 0 Å². The molecule has 4 atom stereocenters. The van der Waals surface area contributed by atoms with Crippen LogP contribution in [0.4, 0.5) is 4.39 Å². The topological polar surface area (TPSA) is 46.2 Å². The summed E-state index contributed by atoms with van der Waals surface area (Å²) in [5.41, 5.74) is 2.49. The Morgan fingerprint density at radius 1 is 0.774 bits per heavy atom. The summed E-state index contributed by atoms with van der Waals surface area (Å²) in [6, 6.07) is 20.9. The summed E-state index contributed by atoms with van der Waals surface area (Å²) in [7, 11) is -3.07. The van der Waals surface area contributed by atoms with E-state index in [0.29, 0.717) is 20.2 Å². The highest BCUT2D eigenvalue weighted by Gasteiger charge is 2.30. The lowest BCUT2D eigenvalue weighted by Crippen LogP contribution is -2.39. The summed E-state index contributed by atoms with van der Waals surface area (Å²) in [5, 5.41) is 0. The van der Waals surface area contributed by atoms with E-state index < -0.39 is 34.0 Å². The van der Waals surface area contributed by atoms with E-state index in [-0.39, 0.29) is 5.92 Å². The van der Waals surface area contributed by atoms with Gasteiger partial charge in [-0.1, -0.05) is 67.4 Å². The number of nitrogens with one attached hydrogen (secondary N) is 1. The van der Waals surface area contributed by atoms with Crippen LogP contribution >= 0.6 is 0 Å². The smallest absolute Gasteiger partial charge is 0.143 e. The molecule has 0 radical (unpaired) electrons. The van der Waals surface area contributed by atoms with Crippen LogP contribution < -0.4 is 4.72 Å². The number of hydrogen-bond acceptors (Lipinski definition) is 2. The van der Waals surface area contributed by atoms with Crippen LogP contribution in [0.3, 0.4) is 0 Å². The molecule has 0 heterocycles. The minimum atomic E-state index is -1.56. The van der Waals surface area contributed by atoms with Crippen molar-refractivity contribution in [2.24, 2.45) is 5.92 Å². The van der Waals surface area contributed by atoms with Crippen LogP contribution in [0.2, 0.25) is 0 Å². The third-order valence-electron chi connectivity index (χ3n) is 5.16. The molecule has 0 aliphatic rings. The summed E-state index contributed by atoms with van der Waals surface area (Å²) in [6.07, 6.45) is -1.47. The molecular weight excluding hydrogens is 429 g/mol. The van der Waals surface area contributed by atoms with Crippen molar-refractivity contribution in [2.75, 3.05) is 0 Å². The van der Waals surface area contributed by atoms with Gasteiger partial charge in [-0.25, -0.2) is 17.5 Å². The summed E-state index contributed by atoms with van der Waals surface area (Å²) < 4.78 is 44.9. The standard InChI is InChI=1S/C25H28FNO2S2/c1-17(2)25(27-31(29)21-15-11-19(4)12-16-21)24(26)22-7-5-6-8-23(22)30(28)20-13-9-18(3)10-14-20/h5-17,24-25,27H,1-4H3/t24-,25+,30?,31?/m0/s1. The first-order chi connectivity index (χ1) is 14.8. The van der Waals surface area contributed by atoms with Crippen LogP contribution in [0, 0.1) is 19.8 Å². The Morgan fingerprint density at radius 3 is 1.84 bits per heavy atom. The van der Waals surface area contributed by atoms with Crippen LogP contribution in [0.15, 0.2) is 87.5 Å². The molecular formula is C25H28FNO2S2. The van der Waals surface area contributed by atoms with E-state index in [1.54, 1.807) is 48.5 Å². The van der Waals surface area contributed by atoms with Crippen LogP contribution in [-0.2, 0) is 21.8 Å². The molecule has 164 valence electrons. The molecule has 0 saturated heterocycles. The van der Waals surface area contributed by atoms with Gasteiger partial charge in [0.1, 0.15) is 17.2 Å². The molecule has 0 aliphatic carbocycles. The molecule has 3 aromatic carbocycles. The Labute approximate surface area is 189 Å². The number of alkyl halides is 1. The van der Waals surface area contributed by atoms with E-state index in [1.807, 2.05) is 52.0 Å². The third kappa shape index (κ3) is 5.76. The van der Waals surface area contributed by atoms with Gasteiger partial charge >= 0.3 is 0 Å². The summed E-state index contributed by atoms with van der Waals surface area (Å²) in [6.45, 7) is 7.69. The highest BCUT2D eigenvalue weighted by molar-refractivity contribution is 7.85. The molecule has 2 unspecified atom stereocenters. The lowest BCUT2D eigenvalue weighted by Gasteiger charge is -2.27. The van der Waals surface area contributed by atoms with Crippen molar-refractivity contribution in [3.8, 4) is 0 Å². The Morgan fingerprint density at radius 2 is 1.29 bits per heavy atom. The zero-order chi connectivity index (χ0) is 22.5. The quantitative estimate of drug-likeness (QED) is 0.463. The first-order valence-electron chi connectivity index (χ1n) is 10.2. The van der Waals surface area contributed by atoms with Crippen molar-refractivity contribution >= 4 is 21.8 Å². The van der Waals surface area contributed by atoms with Gasteiger partial charge in [0, 0.05) is 15.4 Å². The second kappa shape index (κ2) is 10.4. The zero-order valence-electron chi connectivity index (χ0n) is 18.2. The SMILES string of the molecule is Cc1ccc(S(=O)N[C@H](C(C)C)[C@@H](F)c2ccccc2S(=O)c2ccc(C)cc2)cc1. The van der Waals surface area contributed by atoms with E-state index in [9.17, 15) is 8.42 Å². The molecule has 3 nitrogen and oxygen atoms in total. The van der Waals surface area contributed by atoms with Crippen LogP contribution in [0.25, 0.3) is 0 Å². The van der Waals surface area contributed by atoms with Gasteiger partial charge in [0.05, 0.1) is 21.7 Å². The predicted molar refractivity (Wildman–Crippen MR) is 125 cm³/mol. The number of aryl methyl sites for hydroxylation is 2. The normalized spacial score (nSPS) is 15.4. The van der Waals surface area contributed by atoms with Gasteiger partial charge in [0.25, 0.3) is 0 Å². The van der Waals surface area contributed by atoms with Crippen molar-refractivity contribution < 1.29 is 12.8 Å². The fourth-order valence-electron chi connectivity index (χ4n) is 3.25. The van der Waals surface area contributed by atoms with Crippen molar-refractivity contribution in [1.29, 1.82) is 0 Å². The van der Waals surface area contributed by atoms with E-state index in [1.165, 1.54) is 0 Å². The second-order valence-electron chi connectivity index (χ2n) is 7.99. The molecule has 6 heteroatoms. The maximum atomic E-state index is 15.9. The Kier molecular flexibility index (Phi) is 7.92. The molecule has 0 aromatic heterocycles. The molecule has 0 fully saturated rings. The predicted octanol–water partition coefficient (Wildman–Crippen LogP) is 5.82. The van der Waals surface area contributed by atoms with Gasteiger partial charge < -0.3 is 0 Å². The number of hydrogen-bond donors (Lipinski definition) is 1. The molecule has 0 amide bonds. The molecule has 0 spiro atoms. The molecule has 31 heavy (non-hydrogen) atoms. The van der Waals surface area contributed by atoms with Gasteiger partial charge in [-0.05, 0) is 50.1 Å². The maximum absolute atomic E-state index is 15.9. The van der Waals surface area contributed by atoms with E-state index in [2.05, 4.69) is 4.72 Å². The third-order valence-corrected chi connectivity index (χ3v) is 7.82. The highest BCUT2D eigenvalue weighted by atomic mass is 32.2. The molecule has 3 aromatic rings. The van der Waals surface area contributed by atoms with Crippen molar-refractivity contribution in [1.82, 2.24) is 4.72 Å². The van der Waals surface area contributed by atoms with E-state index in [4.69, 9.17) is 0 Å². The van der Waals surface area contributed by atoms with Gasteiger partial charge in [-0.3, -0.25) is 0 Å². The summed E-state index contributed by atoms with van der Waals surface area (Å²) >= 11 is 0. The molecule has 0 bridgehead atoms. The van der Waals surface area contributed by atoms with Gasteiger partial charge in [-0.2, -0.15) is 0 Å². The average molecular weight is 458 g/mol. The average Bonchev–Trinajstić information content (AvgIpc) is 2.77. The van der Waals surface area contributed by atoms with Gasteiger partial charge in [0.15, 0.2) is 0 Å². The Hall–Kier alpha value is -2.15. The lowest BCUT2D eigenvalue weighted by atomic mass is 9.95. The second-order valence-corrected chi connectivity index (χ2v) is 10.7. The molecule has 1 N–H and O–H groups in total. The van der Waals surface area contributed by atoms with Crippen LogP contribution in [0.1, 0.15) is 36.7 Å². The number of rotatable bonds is 8. The number of benzene rings is 3. The minimum Gasteiger partial charge on any atom is -0.249 e. The Balaban J connectivity index is 1.89. The van der Waals surface area contributed by atoms with Crippen molar-refractivity contribution in [3.05, 3.63) is 89.5 Å². The first kappa shape index (κ1) is 23.5. The highest BCUT2D eigenvalue weighted by Crippen LogP contribution is 2.32. The van der Waals surface area contributed by atoms with Crippen LogP contribution in [-0.4, -0.2) is 14.5 Å². The molecule has 3 rings (SSSR count). The fraction of sp³-hybridized carbons (Fsp3) is 0.280. The van der Waals surface area contributed by atoms with Crippen molar-refractivity contribution in [2.45, 2.75) is 54.6 Å². The summed E-state index contributed by atoms with van der Waals surface area (Å²) in [5.74, 6) is -0.134. The summed E-state index contributed by atoms with van der Waals surface area (Å²) in [4.78, 5) is 1.66. The monoisotopic (exact) mass is 457 g/mol.